The molecule has 0 fully saturated rings. The van der Waals surface area contributed by atoms with Gasteiger partial charge in [0.25, 0.3) is 11.5 Å². The minimum absolute atomic E-state index is 0.0154. The van der Waals surface area contributed by atoms with E-state index in [4.69, 9.17) is 5.73 Å². The molecule has 0 atom stereocenters. The second-order valence-electron chi connectivity index (χ2n) is 7.90. The molecule has 0 saturated heterocycles. The van der Waals surface area contributed by atoms with Crippen LogP contribution < -0.4 is 11.3 Å². The average Bonchev–Trinajstić information content (AvgIpc) is 2.80. The van der Waals surface area contributed by atoms with Crippen molar-refractivity contribution in [1.82, 2.24) is 14.9 Å². The van der Waals surface area contributed by atoms with E-state index in [9.17, 15) is 9.59 Å². The van der Waals surface area contributed by atoms with Crippen molar-refractivity contribution < 1.29 is 4.79 Å². The fourth-order valence-electron chi connectivity index (χ4n) is 3.76. The van der Waals surface area contributed by atoms with Crippen LogP contribution in [0, 0.1) is 6.92 Å². The highest BCUT2D eigenvalue weighted by atomic mass is 16.2. The molecule has 2 aromatic carbocycles. The monoisotopic (exact) mass is 431 g/mol. The van der Waals surface area contributed by atoms with Gasteiger partial charge in [-0.15, -0.1) is 0 Å². The van der Waals surface area contributed by atoms with Gasteiger partial charge in [-0.3, -0.25) is 14.6 Å². The second kappa shape index (κ2) is 10.5. The van der Waals surface area contributed by atoms with Gasteiger partial charge in [-0.25, -0.2) is 9.98 Å². The molecule has 1 heterocycles. The van der Waals surface area contributed by atoms with Crippen LogP contribution in [0.3, 0.4) is 0 Å². The number of aromatic nitrogens is 2. The molecule has 0 unspecified atom stereocenters. The fraction of sp³-hybridized carbons (Fsp3) is 0.280. The molecular formula is C25H29N5O2. The number of benzene rings is 2. The first-order valence-electron chi connectivity index (χ1n) is 10.7. The Labute approximate surface area is 188 Å². The fourth-order valence-corrected chi connectivity index (χ4v) is 3.76. The minimum atomic E-state index is -0.404. The number of hydrogen-bond acceptors (Lipinski definition) is 4. The van der Waals surface area contributed by atoms with E-state index in [1.807, 2.05) is 50.2 Å². The maximum absolute atomic E-state index is 13.4. The molecule has 0 spiro atoms. The number of H-pyrrole nitrogens is 1. The average molecular weight is 432 g/mol. The van der Waals surface area contributed by atoms with Gasteiger partial charge in [0.1, 0.15) is 5.69 Å². The number of aliphatic imine (C=N–C) groups is 1. The number of carbonyl (C=O) groups excluding carboxylic acids is 1. The molecule has 0 aliphatic carbocycles. The number of amides is 1. The smallest absolute Gasteiger partial charge is 0.273 e. The second-order valence-corrected chi connectivity index (χ2v) is 7.90. The molecule has 3 N–H and O–H groups in total. The Morgan fingerprint density at radius 1 is 1.09 bits per heavy atom. The first-order chi connectivity index (χ1) is 15.4. The van der Waals surface area contributed by atoms with Crippen LogP contribution in [0.5, 0.6) is 0 Å². The van der Waals surface area contributed by atoms with Gasteiger partial charge in [-0.05, 0) is 38.3 Å². The predicted octanol–water partition coefficient (Wildman–Crippen LogP) is 3.77. The lowest BCUT2D eigenvalue weighted by Crippen LogP contribution is -2.40. The van der Waals surface area contributed by atoms with E-state index in [0.717, 1.165) is 12.8 Å². The first kappa shape index (κ1) is 22.9. The van der Waals surface area contributed by atoms with Crippen LogP contribution >= 0.6 is 0 Å². The molecule has 0 saturated carbocycles. The molecule has 7 heteroatoms. The van der Waals surface area contributed by atoms with E-state index in [2.05, 4.69) is 39.2 Å². The lowest BCUT2D eigenvalue weighted by Gasteiger charge is -2.29. The summed E-state index contributed by atoms with van der Waals surface area (Å²) >= 11 is 0. The van der Waals surface area contributed by atoms with Crippen LogP contribution in [-0.4, -0.2) is 39.7 Å². The molecule has 0 aliphatic heterocycles. The van der Waals surface area contributed by atoms with Crippen LogP contribution in [0.15, 0.2) is 70.5 Å². The third kappa shape index (κ3) is 5.29. The topological polar surface area (TPSA) is 104 Å². The standard InChI is InChI=1S/C25H29N5O2/c1-17(2)30(24(32)22-18(3)23(31)29-25(28-22)27-16-26)15-14-21(19-10-6-4-7-11-19)20-12-8-5-9-13-20/h4-13,16-17,21H,14-15H2,1-3H3,(H3,26,27,28,29,31). The Balaban J connectivity index is 1.91. The summed E-state index contributed by atoms with van der Waals surface area (Å²) in [5.41, 5.74) is 7.67. The number of nitrogens with zero attached hydrogens (tertiary/aromatic N) is 3. The van der Waals surface area contributed by atoms with Crippen LogP contribution in [0.4, 0.5) is 5.95 Å². The SMILES string of the molecule is Cc1c(C(=O)N(CCC(c2ccccc2)c2ccccc2)C(C)C)nc(N=CN)[nH]c1=O. The molecule has 0 aliphatic rings. The Hall–Kier alpha value is -3.74. The highest BCUT2D eigenvalue weighted by molar-refractivity contribution is 5.94. The minimum Gasteiger partial charge on any atom is -0.390 e. The summed E-state index contributed by atoms with van der Waals surface area (Å²) in [4.78, 5) is 38.1. The van der Waals surface area contributed by atoms with Gasteiger partial charge in [-0.2, -0.15) is 0 Å². The predicted molar refractivity (Wildman–Crippen MR) is 127 cm³/mol. The lowest BCUT2D eigenvalue weighted by atomic mass is 9.88. The summed E-state index contributed by atoms with van der Waals surface area (Å²) in [5.74, 6) is -0.143. The van der Waals surface area contributed by atoms with E-state index in [0.29, 0.717) is 6.54 Å². The molecule has 166 valence electrons. The third-order valence-electron chi connectivity index (χ3n) is 5.49. The van der Waals surface area contributed by atoms with Crippen LogP contribution in [0.2, 0.25) is 0 Å². The number of carbonyl (C=O) groups is 1. The van der Waals surface area contributed by atoms with Crippen molar-refractivity contribution in [3.8, 4) is 0 Å². The third-order valence-corrected chi connectivity index (χ3v) is 5.49. The Kier molecular flexibility index (Phi) is 7.54. The van der Waals surface area contributed by atoms with Crippen molar-refractivity contribution >= 4 is 18.2 Å². The quantitative estimate of drug-likeness (QED) is 0.418. The van der Waals surface area contributed by atoms with Crippen molar-refractivity contribution in [1.29, 1.82) is 0 Å². The van der Waals surface area contributed by atoms with Crippen molar-refractivity contribution in [2.75, 3.05) is 6.54 Å². The first-order valence-corrected chi connectivity index (χ1v) is 10.7. The Bertz CT molecular complexity index is 1080. The van der Waals surface area contributed by atoms with Gasteiger partial charge in [0, 0.05) is 24.1 Å². The summed E-state index contributed by atoms with van der Waals surface area (Å²) < 4.78 is 0. The number of aromatic amines is 1. The van der Waals surface area contributed by atoms with Crippen molar-refractivity contribution in [2.45, 2.75) is 39.2 Å². The molecule has 1 amide bonds. The highest BCUT2D eigenvalue weighted by Crippen LogP contribution is 2.28. The van der Waals surface area contributed by atoms with E-state index < -0.39 is 5.56 Å². The zero-order valence-corrected chi connectivity index (χ0v) is 18.7. The lowest BCUT2D eigenvalue weighted by molar-refractivity contribution is 0.0694. The van der Waals surface area contributed by atoms with E-state index >= 15 is 0 Å². The van der Waals surface area contributed by atoms with E-state index in [1.165, 1.54) is 11.1 Å². The summed E-state index contributed by atoms with van der Waals surface area (Å²) in [7, 11) is 0. The van der Waals surface area contributed by atoms with Gasteiger partial charge in [0.15, 0.2) is 0 Å². The molecule has 7 nitrogen and oxygen atoms in total. The number of hydrogen-bond donors (Lipinski definition) is 2. The maximum Gasteiger partial charge on any atom is 0.273 e. The van der Waals surface area contributed by atoms with Gasteiger partial charge in [0.05, 0.1) is 6.34 Å². The zero-order valence-electron chi connectivity index (χ0n) is 18.7. The van der Waals surface area contributed by atoms with Gasteiger partial charge in [-0.1, -0.05) is 60.7 Å². The molecule has 32 heavy (non-hydrogen) atoms. The Morgan fingerprint density at radius 3 is 2.16 bits per heavy atom. The summed E-state index contributed by atoms with van der Waals surface area (Å²) in [6.45, 7) is 6.01. The van der Waals surface area contributed by atoms with Gasteiger partial charge < -0.3 is 10.6 Å². The summed E-state index contributed by atoms with van der Waals surface area (Å²) in [5, 5.41) is 0. The largest absolute Gasteiger partial charge is 0.390 e. The van der Waals surface area contributed by atoms with E-state index in [-0.39, 0.29) is 35.1 Å². The van der Waals surface area contributed by atoms with Crippen LogP contribution in [0.25, 0.3) is 0 Å². The molecule has 3 aromatic rings. The van der Waals surface area contributed by atoms with Crippen LogP contribution in [-0.2, 0) is 0 Å². The maximum atomic E-state index is 13.4. The summed E-state index contributed by atoms with van der Waals surface area (Å²) in [6.07, 6.45) is 1.76. The Morgan fingerprint density at radius 2 is 1.66 bits per heavy atom. The number of rotatable bonds is 8. The van der Waals surface area contributed by atoms with Crippen molar-refractivity contribution in [3.05, 3.63) is 93.4 Å². The molecule has 3 rings (SSSR count). The van der Waals surface area contributed by atoms with Gasteiger partial charge in [0.2, 0.25) is 5.95 Å². The number of nitrogens with two attached hydrogens (primary N) is 1. The normalized spacial score (nSPS) is 11.4. The summed E-state index contributed by atoms with van der Waals surface area (Å²) in [6, 6.07) is 20.5. The van der Waals surface area contributed by atoms with Crippen molar-refractivity contribution in [3.63, 3.8) is 0 Å². The molecule has 0 bridgehead atoms. The van der Waals surface area contributed by atoms with Crippen molar-refractivity contribution in [2.24, 2.45) is 10.7 Å². The molecular weight excluding hydrogens is 402 g/mol. The highest BCUT2D eigenvalue weighted by Gasteiger charge is 2.25. The van der Waals surface area contributed by atoms with Gasteiger partial charge >= 0.3 is 0 Å². The number of nitrogens with one attached hydrogen (secondary N) is 1. The van der Waals surface area contributed by atoms with Crippen LogP contribution in [0.1, 0.15) is 53.4 Å². The molecule has 0 radical (unpaired) electrons. The zero-order chi connectivity index (χ0) is 23.1. The van der Waals surface area contributed by atoms with E-state index in [1.54, 1.807) is 11.8 Å². The molecule has 1 aromatic heterocycles.